The van der Waals surface area contributed by atoms with Crippen LogP contribution in [0.15, 0.2) is 47.4 Å². The molecule has 1 aromatic rings. The van der Waals surface area contributed by atoms with Crippen LogP contribution in [0.2, 0.25) is 0 Å². The molecular formula is C22H30O4S. The largest absolute Gasteiger partial charge is 0.481 e. The first-order valence-corrected chi connectivity index (χ1v) is 11.8. The number of aliphatic carboxylic acids is 1. The van der Waals surface area contributed by atoms with Crippen molar-refractivity contribution >= 4 is 15.8 Å². The summed E-state index contributed by atoms with van der Waals surface area (Å²) in [6.07, 6.45) is 11.6. The fraction of sp³-hybridized carbons (Fsp3) is 0.591. The number of hydrogen-bond acceptors (Lipinski definition) is 3. The van der Waals surface area contributed by atoms with Gasteiger partial charge in [0.2, 0.25) is 0 Å². The van der Waals surface area contributed by atoms with E-state index in [-0.39, 0.29) is 12.2 Å². The molecule has 0 unspecified atom stereocenters. The van der Waals surface area contributed by atoms with Gasteiger partial charge in [0, 0.05) is 6.42 Å². The zero-order valence-electron chi connectivity index (χ0n) is 15.8. The van der Waals surface area contributed by atoms with E-state index in [1.165, 1.54) is 19.3 Å². The lowest BCUT2D eigenvalue weighted by molar-refractivity contribution is -0.137. The summed E-state index contributed by atoms with van der Waals surface area (Å²) in [5.74, 6) is 2.02. The van der Waals surface area contributed by atoms with Crippen LogP contribution in [0.25, 0.3) is 0 Å². The monoisotopic (exact) mass is 390 g/mol. The zero-order chi connectivity index (χ0) is 19.3. The number of carbonyl (C=O) groups is 1. The fourth-order valence-electron chi connectivity index (χ4n) is 5.13. The molecule has 0 aromatic heterocycles. The number of sulfone groups is 1. The number of carboxylic acid groups (broad SMARTS) is 1. The van der Waals surface area contributed by atoms with E-state index in [1.807, 2.05) is 6.07 Å². The van der Waals surface area contributed by atoms with Gasteiger partial charge in [0.05, 0.1) is 10.6 Å². The number of rotatable bonds is 10. The molecule has 1 N–H and O–H groups in total. The molecule has 0 spiro atoms. The van der Waals surface area contributed by atoms with Crippen molar-refractivity contribution < 1.29 is 18.3 Å². The van der Waals surface area contributed by atoms with Crippen molar-refractivity contribution in [1.29, 1.82) is 0 Å². The third-order valence-corrected chi connectivity index (χ3v) is 8.20. The highest BCUT2D eigenvalue weighted by atomic mass is 32.2. The molecule has 2 fully saturated rings. The van der Waals surface area contributed by atoms with Crippen molar-refractivity contribution in [3.8, 4) is 0 Å². The van der Waals surface area contributed by atoms with E-state index >= 15 is 0 Å². The van der Waals surface area contributed by atoms with E-state index in [4.69, 9.17) is 5.11 Å². The van der Waals surface area contributed by atoms with Crippen molar-refractivity contribution in [3.63, 3.8) is 0 Å². The van der Waals surface area contributed by atoms with E-state index in [0.29, 0.717) is 29.1 Å². The van der Waals surface area contributed by atoms with E-state index in [1.54, 1.807) is 24.3 Å². The Morgan fingerprint density at radius 2 is 1.78 bits per heavy atom. The predicted octanol–water partition coefficient (Wildman–Crippen LogP) is 4.71. The maximum Gasteiger partial charge on any atom is 0.303 e. The lowest BCUT2D eigenvalue weighted by Crippen LogP contribution is -2.24. The van der Waals surface area contributed by atoms with Crippen molar-refractivity contribution in [2.45, 2.75) is 56.3 Å². The van der Waals surface area contributed by atoms with E-state index in [9.17, 15) is 13.2 Å². The summed E-state index contributed by atoms with van der Waals surface area (Å²) in [7, 11) is -3.20. The number of benzene rings is 1. The van der Waals surface area contributed by atoms with Crippen LogP contribution < -0.4 is 0 Å². The predicted molar refractivity (Wildman–Crippen MR) is 106 cm³/mol. The third-order valence-electron chi connectivity index (χ3n) is 6.43. The standard InChI is InChI=1S/C22H30O4S/c23-22(24)11-7-2-1-6-10-20-17-12-13-18(16-17)21(20)14-15-27(25,26)19-8-4-3-5-9-19/h1,3-6,8-9,17-18,20-21H,2,7,10-16H2,(H,23,24)/t17-,18+,20-,21+/m0/s1. The number of fused-ring (bicyclic) bond motifs is 2. The number of carboxylic acids is 1. The van der Waals surface area contributed by atoms with Crippen LogP contribution >= 0.6 is 0 Å². The summed E-state index contributed by atoms with van der Waals surface area (Å²) in [5, 5.41) is 8.68. The highest BCUT2D eigenvalue weighted by molar-refractivity contribution is 7.91. The number of hydrogen-bond donors (Lipinski definition) is 1. The highest BCUT2D eigenvalue weighted by Crippen LogP contribution is 2.55. The first-order valence-electron chi connectivity index (χ1n) is 10.1. The summed E-state index contributed by atoms with van der Waals surface area (Å²) in [6, 6.07) is 8.78. The number of unbranched alkanes of at least 4 members (excludes halogenated alkanes) is 1. The van der Waals surface area contributed by atoms with Gasteiger partial charge in [-0.2, -0.15) is 0 Å². The zero-order valence-corrected chi connectivity index (χ0v) is 16.6. The molecule has 0 radical (unpaired) electrons. The second kappa shape index (κ2) is 9.05. The van der Waals surface area contributed by atoms with Crippen LogP contribution in [-0.4, -0.2) is 25.2 Å². The van der Waals surface area contributed by atoms with Gasteiger partial charge in [0.1, 0.15) is 0 Å². The van der Waals surface area contributed by atoms with Crippen LogP contribution in [0.3, 0.4) is 0 Å². The molecule has 148 valence electrons. The first kappa shape index (κ1) is 20.1. The lowest BCUT2D eigenvalue weighted by Gasteiger charge is -2.30. The molecule has 4 atom stereocenters. The van der Waals surface area contributed by atoms with Gasteiger partial charge in [-0.1, -0.05) is 30.4 Å². The first-order chi connectivity index (χ1) is 13.0. The molecule has 0 heterocycles. The topological polar surface area (TPSA) is 71.4 Å². The molecule has 3 rings (SSSR count). The van der Waals surface area contributed by atoms with Crippen molar-refractivity contribution in [1.82, 2.24) is 0 Å². The minimum Gasteiger partial charge on any atom is -0.481 e. The average molecular weight is 391 g/mol. The molecule has 2 saturated carbocycles. The highest BCUT2D eigenvalue weighted by Gasteiger charge is 2.46. The minimum atomic E-state index is -3.20. The average Bonchev–Trinajstić information content (AvgIpc) is 3.25. The van der Waals surface area contributed by atoms with Gasteiger partial charge in [0.25, 0.3) is 0 Å². The maximum atomic E-state index is 12.6. The smallest absolute Gasteiger partial charge is 0.303 e. The van der Waals surface area contributed by atoms with Crippen LogP contribution in [0, 0.1) is 23.7 Å². The molecule has 2 aliphatic rings. The second-order valence-electron chi connectivity index (χ2n) is 8.07. The molecule has 0 amide bonds. The third kappa shape index (κ3) is 5.22. The Morgan fingerprint density at radius 1 is 1.07 bits per heavy atom. The van der Waals surface area contributed by atoms with Crippen molar-refractivity contribution in [3.05, 3.63) is 42.5 Å². The molecule has 5 heteroatoms. The normalized spacial score (nSPS) is 27.4. The summed E-state index contributed by atoms with van der Waals surface area (Å²) in [4.78, 5) is 11.0. The maximum absolute atomic E-state index is 12.6. The summed E-state index contributed by atoms with van der Waals surface area (Å²) in [6.45, 7) is 0. The van der Waals surface area contributed by atoms with Crippen molar-refractivity contribution in [2.75, 3.05) is 5.75 Å². The van der Waals surface area contributed by atoms with Gasteiger partial charge in [-0.15, -0.1) is 0 Å². The van der Waals surface area contributed by atoms with E-state index in [2.05, 4.69) is 12.2 Å². The lowest BCUT2D eigenvalue weighted by atomic mass is 9.76. The van der Waals surface area contributed by atoms with E-state index in [0.717, 1.165) is 25.2 Å². The fourth-order valence-corrected chi connectivity index (χ4v) is 6.52. The van der Waals surface area contributed by atoms with Gasteiger partial charge < -0.3 is 5.11 Å². The molecule has 0 saturated heterocycles. The van der Waals surface area contributed by atoms with Gasteiger partial charge >= 0.3 is 5.97 Å². The quantitative estimate of drug-likeness (QED) is 0.464. The van der Waals surface area contributed by atoms with E-state index < -0.39 is 15.8 Å². The molecule has 4 nitrogen and oxygen atoms in total. The van der Waals surface area contributed by atoms with Gasteiger partial charge in [-0.25, -0.2) is 8.42 Å². The molecule has 27 heavy (non-hydrogen) atoms. The van der Waals surface area contributed by atoms with Gasteiger partial charge in [-0.3, -0.25) is 4.79 Å². The van der Waals surface area contributed by atoms with Crippen LogP contribution in [0.5, 0.6) is 0 Å². The Labute approximate surface area is 162 Å². The van der Waals surface area contributed by atoms with Crippen molar-refractivity contribution in [2.24, 2.45) is 23.7 Å². The Bertz CT molecular complexity index is 754. The van der Waals surface area contributed by atoms with Crippen LogP contribution in [0.4, 0.5) is 0 Å². The number of allylic oxidation sites excluding steroid dienone is 2. The van der Waals surface area contributed by atoms with Gasteiger partial charge in [-0.05, 0) is 80.8 Å². The second-order valence-corrected chi connectivity index (χ2v) is 10.2. The summed E-state index contributed by atoms with van der Waals surface area (Å²) in [5.41, 5.74) is 0. The minimum absolute atomic E-state index is 0.221. The van der Waals surface area contributed by atoms with Gasteiger partial charge in [0.15, 0.2) is 9.84 Å². The SMILES string of the molecule is O=C(O)CCCC=CC[C@H]1[C@H]2CC[C@H](C2)[C@H]1CCS(=O)(=O)c1ccccc1. The Hall–Kier alpha value is -1.62. The molecule has 2 aliphatic carbocycles. The summed E-state index contributed by atoms with van der Waals surface area (Å²) < 4.78 is 25.3. The Kier molecular flexibility index (Phi) is 6.74. The Balaban J connectivity index is 1.54. The summed E-state index contributed by atoms with van der Waals surface area (Å²) >= 11 is 0. The molecule has 2 bridgehead atoms. The Morgan fingerprint density at radius 3 is 2.48 bits per heavy atom. The van der Waals surface area contributed by atoms with Crippen LogP contribution in [-0.2, 0) is 14.6 Å². The molecule has 1 aromatic carbocycles. The molecule has 0 aliphatic heterocycles. The van der Waals surface area contributed by atoms with Crippen LogP contribution in [0.1, 0.15) is 51.4 Å². The molecular weight excluding hydrogens is 360 g/mol.